The van der Waals surface area contributed by atoms with E-state index in [1.165, 1.54) is 24.0 Å². The molecule has 0 saturated heterocycles. The normalized spacial score (nSPS) is 11.1. The fraction of sp³-hybridized carbons (Fsp3) is 0.125. The van der Waals surface area contributed by atoms with Crippen molar-refractivity contribution < 1.29 is 4.79 Å². The lowest BCUT2D eigenvalue weighted by molar-refractivity contribution is -0.115. The summed E-state index contributed by atoms with van der Waals surface area (Å²) in [5.74, 6) is -0.222. The number of carbonyl (C=O) groups is 1. The molecule has 0 bridgehead atoms. The highest BCUT2D eigenvalue weighted by Crippen LogP contribution is 2.24. The van der Waals surface area contributed by atoms with Gasteiger partial charge in [0.05, 0.1) is 32.5 Å². The number of hydrogen-bond acceptors (Lipinski definition) is 5. The lowest BCUT2D eigenvalue weighted by Gasteiger charge is -2.12. The quantitative estimate of drug-likeness (QED) is 0.857. The number of amides is 1. The van der Waals surface area contributed by atoms with Gasteiger partial charge in [0, 0.05) is 11.9 Å². The van der Waals surface area contributed by atoms with Gasteiger partial charge in [-0.3, -0.25) is 4.79 Å². The van der Waals surface area contributed by atoms with Crippen LogP contribution in [0.1, 0.15) is 18.1 Å². The van der Waals surface area contributed by atoms with E-state index in [1.54, 1.807) is 31.2 Å². The van der Waals surface area contributed by atoms with Gasteiger partial charge in [-0.25, -0.2) is 4.98 Å². The number of nitriles is 2. The standard InChI is InChI=1S/C16H11ClN4OS/c1-10(23-15-6-11(8-18)4-5-20-15)16(22)21-13-3-2-12(9-19)14(17)7-13/h2-7,10H,1H3,(H,21,22). The first-order valence-electron chi connectivity index (χ1n) is 6.57. The number of nitrogens with one attached hydrogen (secondary N) is 1. The van der Waals surface area contributed by atoms with Gasteiger partial charge in [0.25, 0.3) is 0 Å². The summed E-state index contributed by atoms with van der Waals surface area (Å²) >= 11 is 7.19. The Morgan fingerprint density at radius 1 is 1.30 bits per heavy atom. The number of thioether (sulfide) groups is 1. The molecule has 0 fully saturated rings. The largest absolute Gasteiger partial charge is 0.325 e. The van der Waals surface area contributed by atoms with Gasteiger partial charge in [-0.1, -0.05) is 23.4 Å². The van der Waals surface area contributed by atoms with Gasteiger partial charge < -0.3 is 5.32 Å². The van der Waals surface area contributed by atoms with E-state index >= 15 is 0 Å². The second kappa shape index (κ2) is 7.64. The number of aromatic nitrogens is 1. The van der Waals surface area contributed by atoms with Crippen LogP contribution in [0.4, 0.5) is 5.69 Å². The summed E-state index contributed by atoms with van der Waals surface area (Å²) in [4.78, 5) is 16.3. The topological polar surface area (TPSA) is 89.6 Å². The van der Waals surface area contributed by atoms with Gasteiger partial charge in [0.2, 0.25) is 5.91 Å². The summed E-state index contributed by atoms with van der Waals surface area (Å²) in [5.41, 5.74) is 1.36. The van der Waals surface area contributed by atoms with Crippen molar-refractivity contribution >= 4 is 35.0 Å². The minimum atomic E-state index is -0.411. The van der Waals surface area contributed by atoms with Crippen LogP contribution in [0, 0.1) is 22.7 Å². The fourth-order valence-corrected chi connectivity index (χ4v) is 2.77. The molecule has 23 heavy (non-hydrogen) atoms. The van der Waals surface area contributed by atoms with Crippen molar-refractivity contribution in [3.63, 3.8) is 0 Å². The van der Waals surface area contributed by atoms with Crippen molar-refractivity contribution in [1.82, 2.24) is 4.98 Å². The summed E-state index contributed by atoms with van der Waals surface area (Å²) in [7, 11) is 0. The van der Waals surface area contributed by atoms with Crippen LogP contribution < -0.4 is 5.32 Å². The highest BCUT2D eigenvalue weighted by atomic mass is 35.5. The molecule has 1 unspecified atom stereocenters. The maximum atomic E-state index is 12.2. The molecular weight excluding hydrogens is 332 g/mol. The molecule has 1 aromatic heterocycles. The first-order chi connectivity index (χ1) is 11.0. The van der Waals surface area contributed by atoms with Gasteiger partial charge >= 0.3 is 0 Å². The van der Waals surface area contributed by atoms with E-state index < -0.39 is 5.25 Å². The number of anilines is 1. The maximum absolute atomic E-state index is 12.2. The molecule has 1 heterocycles. The van der Waals surface area contributed by atoms with Gasteiger partial charge in [-0.05, 0) is 37.3 Å². The second-order valence-corrected chi connectivity index (χ2v) is 6.32. The Morgan fingerprint density at radius 3 is 2.74 bits per heavy atom. The molecule has 2 rings (SSSR count). The van der Waals surface area contributed by atoms with E-state index in [2.05, 4.69) is 10.3 Å². The molecule has 0 spiro atoms. The Morgan fingerprint density at radius 2 is 2.09 bits per heavy atom. The SMILES string of the molecule is CC(Sc1cc(C#N)ccn1)C(=O)Nc1ccc(C#N)c(Cl)c1. The van der Waals surface area contributed by atoms with E-state index in [4.69, 9.17) is 22.1 Å². The minimum absolute atomic E-state index is 0.222. The molecule has 114 valence electrons. The van der Waals surface area contributed by atoms with Gasteiger partial charge in [-0.15, -0.1) is 0 Å². The first-order valence-corrected chi connectivity index (χ1v) is 7.82. The molecule has 1 amide bonds. The maximum Gasteiger partial charge on any atom is 0.237 e. The van der Waals surface area contributed by atoms with Crippen LogP contribution in [0.15, 0.2) is 41.6 Å². The van der Waals surface area contributed by atoms with Crippen LogP contribution in [0.3, 0.4) is 0 Å². The summed E-state index contributed by atoms with van der Waals surface area (Å²) in [5, 5.41) is 20.9. The van der Waals surface area contributed by atoms with Crippen LogP contribution in [-0.2, 0) is 4.79 Å². The Bertz CT molecular complexity index is 826. The molecule has 1 N–H and O–H groups in total. The predicted octanol–water partition coefficient (Wildman–Crippen LogP) is 3.60. The number of carbonyl (C=O) groups excluding carboxylic acids is 1. The molecule has 0 aliphatic heterocycles. The smallest absolute Gasteiger partial charge is 0.237 e. The number of pyridine rings is 1. The molecule has 1 aromatic carbocycles. The Hall–Kier alpha value is -2.54. The van der Waals surface area contributed by atoms with Crippen molar-refractivity contribution in [2.75, 3.05) is 5.32 Å². The highest BCUT2D eigenvalue weighted by Gasteiger charge is 2.16. The third-order valence-electron chi connectivity index (χ3n) is 2.89. The van der Waals surface area contributed by atoms with E-state index in [0.29, 0.717) is 21.8 Å². The zero-order valence-electron chi connectivity index (χ0n) is 12.1. The number of rotatable bonds is 4. The number of halogens is 1. The average Bonchev–Trinajstić information content (AvgIpc) is 2.55. The van der Waals surface area contributed by atoms with E-state index in [0.717, 1.165) is 0 Å². The lowest BCUT2D eigenvalue weighted by Crippen LogP contribution is -2.22. The summed E-state index contributed by atoms with van der Waals surface area (Å²) < 4.78 is 0. The Labute approximate surface area is 142 Å². The van der Waals surface area contributed by atoms with Crippen LogP contribution in [-0.4, -0.2) is 16.1 Å². The second-order valence-electron chi connectivity index (χ2n) is 4.55. The van der Waals surface area contributed by atoms with Gasteiger partial charge in [0.15, 0.2) is 0 Å². The zero-order chi connectivity index (χ0) is 16.8. The molecule has 1 atom stereocenters. The molecular formula is C16H11ClN4OS. The minimum Gasteiger partial charge on any atom is -0.325 e. The number of nitrogens with zero attached hydrogens (tertiary/aromatic N) is 3. The molecule has 0 aliphatic carbocycles. The van der Waals surface area contributed by atoms with Crippen molar-refractivity contribution in [2.24, 2.45) is 0 Å². The summed E-state index contributed by atoms with van der Waals surface area (Å²) in [6.07, 6.45) is 1.53. The zero-order valence-corrected chi connectivity index (χ0v) is 13.6. The summed E-state index contributed by atoms with van der Waals surface area (Å²) in [6.45, 7) is 1.74. The Kier molecular flexibility index (Phi) is 5.59. The van der Waals surface area contributed by atoms with Crippen molar-refractivity contribution in [2.45, 2.75) is 17.2 Å². The molecule has 7 heteroatoms. The van der Waals surface area contributed by atoms with E-state index in [1.807, 2.05) is 12.1 Å². The highest BCUT2D eigenvalue weighted by molar-refractivity contribution is 8.00. The van der Waals surface area contributed by atoms with Gasteiger partial charge in [0.1, 0.15) is 6.07 Å². The monoisotopic (exact) mass is 342 g/mol. The van der Waals surface area contributed by atoms with E-state index in [-0.39, 0.29) is 10.9 Å². The third kappa shape index (κ3) is 4.46. The Balaban J connectivity index is 2.04. The van der Waals surface area contributed by atoms with E-state index in [9.17, 15) is 4.79 Å². The third-order valence-corrected chi connectivity index (χ3v) is 4.23. The fourth-order valence-electron chi connectivity index (χ4n) is 1.71. The van der Waals surface area contributed by atoms with Crippen LogP contribution in [0.5, 0.6) is 0 Å². The summed E-state index contributed by atoms with van der Waals surface area (Å²) in [6, 6.07) is 11.9. The van der Waals surface area contributed by atoms with Crippen molar-refractivity contribution in [3.8, 4) is 12.1 Å². The number of benzene rings is 1. The van der Waals surface area contributed by atoms with Gasteiger partial charge in [-0.2, -0.15) is 10.5 Å². The number of hydrogen-bond donors (Lipinski definition) is 1. The van der Waals surface area contributed by atoms with Crippen molar-refractivity contribution in [1.29, 1.82) is 10.5 Å². The van der Waals surface area contributed by atoms with Crippen LogP contribution in [0.2, 0.25) is 5.02 Å². The molecule has 2 aromatic rings. The predicted molar refractivity (Wildman–Crippen MR) is 89.1 cm³/mol. The van der Waals surface area contributed by atoms with Crippen LogP contribution >= 0.6 is 23.4 Å². The first kappa shape index (κ1) is 16.8. The molecule has 0 radical (unpaired) electrons. The average molecular weight is 343 g/mol. The molecule has 0 aliphatic rings. The molecule has 5 nitrogen and oxygen atoms in total. The lowest BCUT2D eigenvalue weighted by atomic mass is 10.2. The van der Waals surface area contributed by atoms with Crippen LogP contribution in [0.25, 0.3) is 0 Å². The molecule has 0 saturated carbocycles. The van der Waals surface area contributed by atoms with Crippen molar-refractivity contribution in [3.05, 3.63) is 52.7 Å².